The number of aliphatic hydroxyl groups is 1. The van der Waals surface area contributed by atoms with E-state index in [1.165, 1.54) is 0 Å². The fraction of sp³-hybridized carbons (Fsp3) is 0.300. The largest absolute Gasteiger partial charge is 0.396 e. The zero-order valence-electron chi connectivity index (χ0n) is 7.98. The van der Waals surface area contributed by atoms with Crippen molar-refractivity contribution >= 4 is 33.2 Å². The Hall–Kier alpha value is -0.680. The number of nitrogens with zero attached hydrogens (tertiary/aromatic N) is 1. The van der Waals surface area contributed by atoms with Crippen LogP contribution >= 0.6 is 22.9 Å². The third kappa shape index (κ3) is 2.29. The third-order valence-electron chi connectivity index (χ3n) is 2.16. The van der Waals surface area contributed by atoms with E-state index in [-0.39, 0.29) is 12.6 Å². The standard InChI is InChI=1S/C10H11ClN2OS/c11-10-2-1-8-7(13-10)5-9(15-8)6(12)3-4-14/h1-2,5-6,14H,3-4,12H2. The highest BCUT2D eigenvalue weighted by atomic mass is 35.5. The number of hydrogen-bond donors (Lipinski definition) is 2. The van der Waals surface area contributed by atoms with E-state index in [0.717, 1.165) is 15.1 Å². The first-order valence-electron chi connectivity index (χ1n) is 4.63. The number of aliphatic hydroxyl groups excluding tert-OH is 1. The number of nitrogens with two attached hydrogens (primary N) is 1. The molecule has 2 aromatic rings. The van der Waals surface area contributed by atoms with Crippen LogP contribution in [0.25, 0.3) is 10.2 Å². The van der Waals surface area contributed by atoms with Crippen molar-refractivity contribution in [3.05, 3.63) is 28.2 Å². The minimum Gasteiger partial charge on any atom is -0.396 e. The lowest BCUT2D eigenvalue weighted by molar-refractivity contribution is 0.277. The first kappa shape index (κ1) is 10.8. The number of aromatic nitrogens is 1. The smallest absolute Gasteiger partial charge is 0.129 e. The van der Waals surface area contributed by atoms with Gasteiger partial charge in [0.2, 0.25) is 0 Å². The number of hydrogen-bond acceptors (Lipinski definition) is 4. The SMILES string of the molecule is NC(CCO)c1cc2nc(Cl)ccc2s1. The maximum absolute atomic E-state index is 8.80. The van der Waals surface area contributed by atoms with Crippen LogP contribution in [0.15, 0.2) is 18.2 Å². The van der Waals surface area contributed by atoms with Gasteiger partial charge in [-0.3, -0.25) is 0 Å². The molecule has 0 aliphatic heterocycles. The molecule has 0 spiro atoms. The van der Waals surface area contributed by atoms with E-state index in [1.807, 2.05) is 12.1 Å². The molecule has 3 N–H and O–H groups in total. The van der Waals surface area contributed by atoms with Crippen LogP contribution < -0.4 is 5.73 Å². The molecule has 0 aliphatic carbocycles. The van der Waals surface area contributed by atoms with Gasteiger partial charge >= 0.3 is 0 Å². The lowest BCUT2D eigenvalue weighted by atomic mass is 10.2. The van der Waals surface area contributed by atoms with Crippen LogP contribution in [0.1, 0.15) is 17.3 Å². The van der Waals surface area contributed by atoms with Gasteiger partial charge in [0.25, 0.3) is 0 Å². The molecule has 80 valence electrons. The quantitative estimate of drug-likeness (QED) is 0.813. The molecule has 0 bridgehead atoms. The fourth-order valence-electron chi connectivity index (χ4n) is 1.38. The second-order valence-electron chi connectivity index (χ2n) is 3.28. The molecule has 2 rings (SSSR count). The number of pyridine rings is 1. The van der Waals surface area contributed by atoms with Crippen molar-refractivity contribution in [2.24, 2.45) is 5.73 Å². The van der Waals surface area contributed by atoms with Crippen molar-refractivity contribution in [1.82, 2.24) is 4.98 Å². The zero-order valence-corrected chi connectivity index (χ0v) is 9.55. The lowest BCUT2D eigenvalue weighted by Gasteiger charge is -2.05. The summed E-state index contributed by atoms with van der Waals surface area (Å²) in [6.07, 6.45) is 0.570. The maximum Gasteiger partial charge on any atom is 0.129 e. The number of halogens is 1. The van der Waals surface area contributed by atoms with Crippen LogP contribution in [0.3, 0.4) is 0 Å². The van der Waals surface area contributed by atoms with Gasteiger partial charge in [0.15, 0.2) is 0 Å². The minimum atomic E-state index is -0.118. The Morgan fingerprint density at radius 3 is 3.07 bits per heavy atom. The monoisotopic (exact) mass is 242 g/mol. The molecule has 0 saturated heterocycles. The van der Waals surface area contributed by atoms with Crippen LogP contribution in [0.2, 0.25) is 5.15 Å². The predicted molar refractivity (Wildman–Crippen MR) is 63.3 cm³/mol. The molecule has 0 fully saturated rings. The molecular weight excluding hydrogens is 232 g/mol. The van der Waals surface area contributed by atoms with E-state index in [1.54, 1.807) is 17.4 Å². The Balaban J connectivity index is 2.38. The summed E-state index contributed by atoms with van der Waals surface area (Å²) < 4.78 is 1.07. The van der Waals surface area contributed by atoms with Crippen molar-refractivity contribution < 1.29 is 5.11 Å². The van der Waals surface area contributed by atoms with Crippen LogP contribution in [0, 0.1) is 0 Å². The molecule has 2 aromatic heterocycles. The maximum atomic E-state index is 8.80. The predicted octanol–water partition coefficient (Wildman–Crippen LogP) is 2.33. The Morgan fingerprint density at radius 1 is 1.53 bits per heavy atom. The number of thiophene rings is 1. The van der Waals surface area contributed by atoms with Crippen molar-refractivity contribution in [2.75, 3.05) is 6.61 Å². The summed E-state index contributed by atoms with van der Waals surface area (Å²) in [6, 6.07) is 5.52. The zero-order chi connectivity index (χ0) is 10.8. The van der Waals surface area contributed by atoms with Crippen LogP contribution in [0.5, 0.6) is 0 Å². The Kier molecular flexibility index (Phi) is 3.21. The molecule has 0 aliphatic rings. The van der Waals surface area contributed by atoms with Gasteiger partial charge in [0.1, 0.15) is 5.15 Å². The highest BCUT2D eigenvalue weighted by Gasteiger charge is 2.10. The van der Waals surface area contributed by atoms with Gasteiger partial charge in [-0.1, -0.05) is 11.6 Å². The Labute approximate surface area is 96.5 Å². The van der Waals surface area contributed by atoms with Gasteiger partial charge in [0, 0.05) is 17.5 Å². The van der Waals surface area contributed by atoms with Crippen molar-refractivity contribution in [3.63, 3.8) is 0 Å². The van der Waals surface area contributed by atoms with Crippen LogP contribution in [-0.2, 0) is 0 Å². The molecule has 2 heterocycles. The summed E-state index contributed by atoms with van der Waals surface area (Å²) in [6.45, 7) is 0.101. The summed E-state index contributed by atoms with van der Waals surface area (Å²) in [4.78, 5) is 5.23. The average Bonchev–Trinajstić information content (AvgIpc) is 2.60. The average molecular weight is 243 g/mol. The van der Waals surface area contributed by atoms with E-state index in [4.69, 9.17) is 22.4 Å². The van der Waals surface area contributed by atoms with Gasteiger partial charge in [-0.25, -0.2) is 4.98 Å². The van der Waals surface area contributed by atoms with Gasteiger partial charge in [0.05, 0.1) is 10.2 Å². The van der Waals surface area contributed by atoms with E-state index >= 15 is 0 Å². The van der Waals surface area contributed by atoms with Gasteiger partial charge < -0.3 is 10.8 Å². The lowest BCUT2D eigenvalue weighted by Crippen LogP contribution is -2.09. The number of rotatable bonds is 3. The molecule has 0 radical (unpaired) electrons. The highest BCUT2D eigenvalue weighted by Crippen LogP contribution is 2.29. The Morgan fingerprint density at radius 2 is 2.33 bits per heavy atom. The second-order valence-corrected chi connectivity index (χ2v) is 4.79. The first-order valence-corrected chi connectivity index (χ1v) is 5.82. The first-order chi connectivity index (χ1) is 7.20. The highest BCUT2D eigenvalue weighted by molar-refractivity contribution is 7.19. The van der Waals surface area contributed by atoms with E-state index in [2.05, 4.69) is 4.98 Å². The molecular formula is C10H11ClN2OS. The van der Waals surface area contributed by atoms with Gasteiger partial charge in [-0.2, -0.15) is 0 Å². The van der Waals surface area contributed by atoms with Crippen molar-refractivity contribution in [2.45, 2.75) is 12.5 Å². The van der Waals surface area contributed by atoms with Gasteiger partial charge in [-0.15, -0.1) is 11.3 Å². The van der Waals surface area contributed by atoms with Crippen LogP contribution in [0.4, 0.5) is 0 Å². The summed E-state index contributed by atoms with van der Waals surface area (Å²) in [7, 11) is 0. The van der Waals surface area contributed by atoms with Crippen LogP contribution in [-0.4, -0.2) is 16.7 Å². The minimum absolute atomic E-state index is 0.101. The molecule has 15 heavy (non-hydrogen) atoms. The summed E-state index contributed by atoms with van der Waals surface area (Å²) in [5.74, 6) is 0. The normalized spacial score (nSPS) is 13.3. The van der Waals surface area contributed by atoms with Crippen molar-refractivity contribution in [1.29, 1.82) is 0 Å². The van der Waals surface area contributed by atoms with E-state index < -0.39 is 0 Å². The molecule has 5 heteroatoms. The molecule has 3 nitrogen and oxygen atoms in total. The van der Waals surface area contributed by atoms with E-state index in [9.17, 15) is 0 Å². The molecule has 0 aromatic carbocycles. The van der Waals surface area contributed by atoms with E-state index in [0.29, 0.717) is 11.6 Å². The molecule has 0 amide bonds. The van der Waals surface area contributed by atoms with Gasteiger partial charge in [-0.05, 0) is 24.6 Å². The Bertz CT molecular complexity index is 471. The molecule has 1 atom stereocenters. The molecule has 1 unspecified atom stereocenters. The molecule has 0 saturated carbocycles. The summed E-state index contributed by atoms with van der Waals surface area (Å²) in [5, 5.41) is 9.29. The summed E-state index contributed by atoms with van der Waals surface area (Å²) >= 11 is 7.39. The number of fused-ring (bicyclic) bond motifs is 1. The topological polar surface area (TPSA) is 59.1 Å². The third-order valence-corrected chi connectivity index (χ3v) is 3.60. The van der Waals surface area contributed by atoms with Crippen molar-refractivity contribution in [3.8, 4) is 0 Å². The summed E-state index contributed by atoms with van der Waals surface area (Å²) in [5.41, 5.74) is 6.77. The second kappa shape index (κ2) is 4.45. The fourth-order valence-corrected chi connectivity index (χ4v) is 2.58.